The largest absolute Gasteiger partial charge is 0.339 e. The maximum atomic E-state index is 12.9. The number of hydrogen-bond donors (Lipinski definition) is 0. The molecule has 2 aromatic heterocycles. The molecule has 1 aliphatic heterocycles. The van der Waals surface area contributed by atoms with Crippen LogP contribution in [0, 0.1) is 5.92 Å². The number of carbonyl (C=O) groups excluding carboxylic acids is 1. The van der Waals surface area contributed by atoms with Gasteiger partial charge in [0.05, 0.1) is 0 Å². The lowest BCUT2D eigenvalue weighted by Crippen LogP contribution is -2.39. The summed E-state index contributed by atoms with van der Waals surface area (Å²) < 4.78 is 1.81. The monoisotopic (exact) mass is 346 g/mol. The molecule has 1 fully saturated rings. The maximum absolute atomic E-state index is 12.9. The van der Waals surface area contributed by atoms with Gasteiger partial charge in [0.1, 0.15) is 12.1 Å². The van der Waals surface area contributed by atoms with Gasteiger partial charge in [-0.2, -0.15) is 0 Å². The molecule has 1 aliphatic rings. The SMILES string of the molecule is O=C(c1ccnc(-n2ccnc2)c1)N1CCC(Cc2ccccc2)CC1. The van der Waals surface area contributed by atoms with Gasteiger partial charge < -0.3 is 4.90 Å². The van der Waals surface area contributed by atoms with Crippen molar-refractivity contribution in [1.82, 2.24) is 19.4 Å². The Morgan fingerprint density at radius 3 is 2.62 bits per heavy atom. The summed E-state index contributed by atoms with van der Waals surface area (Å²) in [5, 5.41) is 0. The Morgan fingerprint density at radius 1 is 1.08 bits per heavy atom. The van der Waals surface area contributed by atoms with Gasteiger partial charge in [-0.15, -0.1) is 0 Å². The van der Waals surface area contributed by atoms with Crippen LogP contribution in [-0.2, 0) is 6.42 Å². The standard InChI is InChI=1S/C21H22N4O/c26-21(19-6-9-23-20(15-19)25-13-10-22-16-25)24-11-7-18(8-12-24)14-17-4-2-1-3-5-17/h1-6,9-10,13,15-16,18H,7-8,11-12,14H2. The summed E-state index contributed by atoms with van der Waals surface area (Å²) in [4.78, 5) is 23.2. The molecule has 3 aromatic rings. The van der Waals surface area contributed by atoms with E-state index in [0.29, 0.717) is 17.3 Å². The van der Waals surface area contributed by atoms with Gasteiger partial charge in [-0.25, -0.2) is 9.97 Å². The molecule has 0 aliphatic carbocycles. The molecule has 1 saturated heterocycles. The number of benzene rings is 1. The Bertz CT molecular complexity index is 853. The Kier molecular flexibility index (Phi) is 4.78. The van der Waals surface area contributed by atoms with Crippen molar-refractivity contribution in [3.63, 3.8) is 0 Å². The van der Waals surface area contributed by atoms with Crippen molar-refractivity contribution >= 4 is 5.91 Å². The van der Waals surface area contributed by atoms with Gasteiger partial charge in [0.2, 0.25) is 0 Å². The lowest BCUT2D eigenvalue weighted by molar-refractivity contribution is 0.0690. The third-order valence-corrected chi connectivity index (χ3v) is 5.03. The fourth-order valence-electron chi connectivity index (χ4n) is 3.56. The minimum Gasteiger partial charge on any atom is -0.339 e. The van der Waals surface area contributed by atoms with E-state index >= 15 is 0 Å². The van der Waals surface area contributed by atoms with Crippen LogP contribution in [0.2, 0.25) is 0 Å². The van der Waals surface area contributed by atoms with E-state index in [1.807, 2.05) is 21.7 Å². The average Bonchev–Trinajstić information content (AvgIpc) is 3.24. The molecule has 0 unspecified atom stereocenters. The number of pyridine rings is 1. The summed E-state index contributed by atoms with van der Waals surface area (Å²) in [6.07, 6.45) is 10.1. The van der Waals surface area contributed by atoms with Crippen LogP contribution in [0.25, 0.3) is 5.82 Å². The fraction of sp³-hybridized carbons (Fsp3) is 0.286. The fourth-order valence-corrected chi connectivity index (χ4v) is 3.56. The quantitative estimate of drug-likeness (QED) is 0.728. The van der Waals surface area contributed by atoms with Crippen molar-refractivity contribution in [3.8, 4) is 5.82 Å². The van der Waals surface area contributed by atoms with Gasteiger partial charge in [-0.3, -0.25) is 9.36 Å². The number of nitrogens with zero attached hydrogens (tertiary/aromatic N) is 4. The predicted molar refractivity (Wildman–Crippen MR) is 100 cm³/mol. The Balaban J connectivity index is 1.39. The van der Waals surface area contributed by atoms with Crippen LogP contribution in [0.4, 0.5) is 0 Å². The van der Waals surface area contributed by atoms with Crippen LogP contribution in [0.1, 0.15) is 28.8 Å². The molecule has 3 heterocycles. The number of piperidine rings is 1. The molecular weight excluding hydrogens is 324 g/mol. The highest BCUT2D eigenvalue weighted by Crippen LogP contribution is 2.23. The summed E-state index contributed by atoms with van der Waals surface area (Å²) in [6, 6.07) is 14.2. The van der Waals surface area contributed by atoms with Crippen LogP contribution >= 0.6 is 0 Å². The second kappa shape index (κ2) is 7.52. The molecule has 1 aromatic carbocycles. The molecule has 0 atom stereocenters. The summed E-state index contributed by atoms with van der Waals surface area (Å²) in [5.41, 5.74) is 2.07. The zero-order chi connectivity index (χ0) is 17.8. The average molecular weight is 346 g/mol. The molecular formula is C21H22N4O. The van der Waals surface area contributed by atoms with Crippen molar-refractivity contribution in [2.45, 2.75) is 19.3 Å². The van der Waals surface area contributed by atoms with E-state index < -0.39 is 0 Å². The van der Waals surface area contributed by atoms with Gasteiger partial charge in [-0.1, -0.05) is 30.3 Å². The van der Waals surface area contributed by atoms with Crippen molar-refractivity contribution in [3.05, 3.63) is 78.5 Å². The highest BCUT2D eigenvalue weighted by atomic mass is 16.2. The van der Waals surface area contributed by atoms with Crippen LogP contribution in [0.15, 0.2) is 67.4 Å². The van der Waals surface area contributed by atoms with Gasteiger partial charge in [-0.05, 0) is 42.9 Å². The van der Waals surface area contributed by atoms with E-state index in [-0.39, 0.29) is 5.91 Å². The number of aromatic nitrogens is 3. The molecule has 0 N–H and O–H groups in total. The lowest BCUT2D eigenvalue weighted by atomic mass is 9.90. The maximum Gasteiger partial charge on any atom is 0.254 e. The summed E-state index contributed by atoms with van der Waals surface area (Å²) in [5.74, 6) is 1.46. The second-order valence-corrected chi connectivity index (χ2v) is 6.80. The predicted octanol–water partition coefficient (Wildman–Crippen LogP) is 3.36. The Hall–Kier alpha value is -2.95. The van der Waals surface area contributed by atoms with Crippen LogP contribution in [-0.4, -0.2) is 38.4 Å². The van der Waals surface area contributed by atoms with E-state index in [9.17, 15) is 4.79 Å². The molecule has 132 valence electrons. The van der Waals surface area contributed by atoms with Crippen LogP contribution < -0.4 is 0 Å². The number of imidazole rings is 1. The van der Waals surface area contributed by atoms with Crippen molar-refractivity contribution in [2.75, 3.05) is 13.1 Å². The van der Waals surface area contributed by atoms with E-state index in [2.05, 4.69) is 40.3 Å². The first-order valence-electron chi connectivity index (χ1n) is 9.07. The summed E-state index contributed by atoms with van der Waals surface area (Å²) in [6.45, 7) is 1.64. The molecule has 26 heavy (non-hydrogen) atoms. The lowest BCUT2D eigenvalue weighted by Gasteiger charge is -2.32. The van der Waals surface area contributed by atoms with Gasteiger partial charge in [0, 0.05) is 37.2 Å². The third-order valence-electron chi connectivity index (χ3n) is 5.03. The smallest absolute Gasteiger partial charge is 0.254 e. The van der Waals surface area contributed by atoms with Crippen molar-refractivity contribution in [2.24, 2.45) is 5.92 Å². The number of rotatable bonds is 4. The van der Waals surface area contributed by atoms with Crippen LogP contribution in [0.3, 0.4) is 0 Å². The van der Waals surface area contributed by atoms with Crippen molar-refractivity contribution in [1.29, 1.82) is 0 Å². The normalized spacial score (nSPS) is 15.2. The van der Waals surface area contributed by atoms with E-state index in [1.165, 1.54) is 5.56 Å². The first kappa shape index (κ1) is 16.5. The number of hydrogen-bond acceptors (Lipinski definition) is 3. The zero-order valence-electron chi connectivity index (χ0n) is 14.7. The van der Waals surface area contributed by atoms with Gasteiger partial charge in [0.25, 0.3) is 5.91 Å². The Morgan fingerprint density at radius 2 is 1.88 bits per heavy atom. The number of carbonyl (C=O) groups is 1. The third kappa shape index (κ3) is 3.67. The summed E-state index contributed by atoms with van der Waals surface area (Å²) in [7, 11) is 0. The number of amides is 1. The van der Waals surface area contributed by atoms with E-state index in [0.717, 1.165) is 32.4 Å². The van der Waals surface area contributed by atoms with Gasteiger partial charge >= 0.3 is 0 Å². The highest BCUT2D eigenvalue weighted by molar-refractivity contribution is 5.94. The van der Waals surface area contributed by atoms with E-state index in [1.54, 1.807) is 24.8 Å². The van der Waals surface area contributed by atoms with Crippen LogP contribution in [0.5, 0.6) is 0 Å². The van der Waals surface area contributed by atoms with Crippen molar-refractivity contribution < 1.29 is 4.79 Å². The molecule has 4 rings (SSSR count). The minimum absolute atomic E-state index is 0.0897. The summed E-state index contributed by atoms with van der Waals surface area (Å²) >= 11 is 0. The molecule has 0 radical (unpaired) electrons. The topological polar surface area (TPSA) is 51.0 Å². The first-order chi connectivity index (χ1) is 12.8. The Labute approximate surface area is 153 Å². The second-order valence-electron chi connectivity index (χ2n) is 6.80. The number of likely N-dealkylation sites (tertiary alicyclic amines) is 1. The van der Waals surface area contributed by atoms with Gasteiger partial charge in [0.15, 0.2) is 0 Å². The minimum atomic E-state index is 0.0897. The molecule has 0 spiro atoms. The molecule has 1 amide bonds. The van der Waals surface area contributed by atoms with E-state index in [4.69, 9.17) is 0 Å². The molecule has 5 heteroatoms. The first-order valence-corrected chi connectivity index (χ1v) is 9.07. The highest BCUT2D eigenvalue weighted by Gasteiger charge is 2.24. The molecule has 5 nitrogen and oxygen atoms in total. The molecule has 0 saturated carbocycles. The molecule has 0 bridgehead atoms. The zero-order valence-corrected chi connectivity index (χ0v) is 14.7.